The molecule has 0 fully saturated rings. The van der Waals surface area contributed by atoms with Gasteiger partial charge in [-0.1, -0.05) is 20.8 Å². The van der Waals surface area contributed by atoms with Gasteiger partial charge in [0.2, 0.25) is 0 Å². The van der Waals surface area contributed by atoms with Crippen LogP contribution in [0.4, 0.5) is 0 Å². The summed E-state index contributed by atoms with van der Waals surface area (Å²) in [6.07, 6.45) is 2.48. The van der Waals surface area contributed by atoms with Crippen LogP contribution in [-0.4, -0.2) is 5.97 Å². The molecule has 0 spiro atoms. The number of rotatable bonds is 2. The third kappa shape index (κ3) is 7.32. The summed E-state index contributed by atoms with van der Waals surface area (Å²) in [5.41, 5.74) is 1.35. The molecule has 0 amide bonds. The Morgan fingerprint density at radius 3 is 2.17 bits per heavy atom. The quantitative estimate of drug-likeness (QED) is 0.470. The molecule has 0 aromatic heterocycles. The highest BCUT2D eigenvalue weighted by molar-refractivity contribution is 5.66. The van der Waals surface area contributed by atoms with Gasteiger partial charge in [-0.15, -0.1) is 0 Å². The van der Waals surface area contributed by atoms with Crippen LogP contribution in [0.5, 0.6) is 0 Å². The normalized spacial score (nSPS) is 12.9. The van der Waals surface area contributed by atoms with E-state index in [1.165, 1.54) is 13.2 Å². The number of esters is 1. The lowest BCUT2D eigenvalue weighted by molar-refractivity contribution is -0.135. The Hall–Kier alpha value is -0.790. The number of allylic oxidation sites excluding steroid dienone is 1. The van der Waals surface area contributed by atoms with Crippen LogP contribution in [-0.2, 0) is 9.53 Å². The summed E-state index contributed by atoms with van der Waals surface area (Å²) in [6, 6.07) is 0. The van der Waals surface area contributed by atoms with Crippen molar-refractivity contribution < 1.29 is 9.53 Å². The van der Waals surface area contributed by atoms with E-state index in [2.05, 4.69) is 20.8 Å². The monoisotopic (exact) mass is 170 g/mol. The van der Waals surface area contributed by atoms with E-state index in [1.807, 2.05) is 6.92 Å². The van der Waals surface area contributed by atoms with Crippen LogP contribution in [0.25, 0.3) is 0 Å². The van der Waals surface area contributed by atoms with Crippen LogP contribution < -0.4 is 0 Å². The molecule has 0 aromatic carbocycles. The Kier molecular flexibility index (Phi) is 4.01. The maximum Gasteiger partial charge on any atom is 0.307 e. The van der Waals surface area contributed by atoms with Crippen molar-refractivity contribution in [3.05, 3.63) is 11.8 Å². The molecule has 2 heteroatoms. The van der Waals surface area contributed by atoms with Crippen molar-refractivity contribution in [3.8, 4) is 0 Å². The highest BCUT2D eigenvalue weighted by Crippen LogP contribution is 2.23. The minimum absolute atomic E-state index is 0.251. The second-order valence-electron chi connectivity index (χ2n) is 4.31. The van der Waals surface area contributed by atoms with Crippen molar-refractivity contribution in [1.29, 1.82) is 0 Å². The fourth-order valence-electron chi connectivity index (χ4n) is 1.06. The van der Waals surface area contributed by atoms with Gasteiger partial charge in [-0.05, 0) is 24.3 Å². The molecule has 0 aliphatic heterocycles. The molecular weight excluding hydrogens is 152 g/mol. The fraction of sp³-hybridized carbons (Fsp3) is 0.700. The number of carbonyl (C=O) groups is 1. The van der Waals surface area contributed by atoms with Crippen LogP contribution >= 0.6 is 0 Å². The first-order valence-electron chi connectivity index (χ1n) is 4.14. The van der Waals surface area contributed by atoms with E-state index in [1.54, 1.807) is 0 Å². The summed E-state index contributed by atoms with van der Waals surface area (Å²) < 4.78 is 4.75. The molecule has 0 saturated heterocycles. The lowest BCUT2D eigenvalue weighted by atomic mass is 9.89. The van der Waals surface area contributed by atoms with Gasteiger partial charge in [0, 0.05) is 6.92 Å². The predicted molar refractivity (Wildman–Crippen MR) is 49.6 cm³/mol. The molecule has 0 N–H and O–H groups in total. The van der Waals surface area contributed by atoms with Gasteiger partial charge >= 0.3 is 5.97 Å². The molecule has 0 aromatic rings. The first kappa shape index (κ1) is 11.2. The van der Waals surface area contributed by atoms with Gasteiger partial charge in [-0.3, -0.25) is 4.79 Å². The zero-order valence-electron chi connectivity index (χ0n) is 8.60. The van der Waals surface area contributed by atoms with Crippen molar-refractivity contribution in [2.24, 2.45) is 5.41 Å². The molecule has 0 saturated carbocycles. The number of hydrogen-bond donors (Lipinski definition) is 0. The van der Waals surface area contributed by atoms with Crippen LogP contribution in [0, 0.1) is 5.41 Å². The first-order chi connectivity index (χ1) is 5.31. The van der Waals surface area contributed by atoms with E-state index in [9.17, 15) is 4.79 Å². The molecule has 2 nitrogen and oxygen atoms in total. The number of hydrogen-bond acceptors (Lipinski definition) is 2. The van der Waals surface area contributed by atoms with Gasteiger partial charge in [0.25, 0.3) is 0 Å². The van der Waals surface area contributed by atoms with Crippen LogP contribution in [0.15, 0.2) is 11.8 Å². The molecule has 12 heavy (non-hydrogen) atoms. The zero-order valence-corrected chi connectivity index (χ0v) is 8.60. The van der Waals surface area contributed by atoms with E-state index in [-0.39, 0.29) is 11.4 Å². The summed E-state index contributed by atoms with van der Waals surface area (Å²) in [7, 11) is 0. The Morgan fingerprint density at radius 2 is 1.83 bits per heavy atom. The Bertz CT molecular complexity index is 185. The molecule has 0 bridgehead atoms. The van der Waals surface area contributed by atoms with Crippen molar-refractivity contribution in [3.63, 3.8) is 0 Å². The number of carbonyl (C=O) groups excluding carboxylic acids is 1. The van der Waals surface area contributed by atoms with Crippen LogP contribution in [0.2, 0.25) is 0 Å². The van der Waals surface area contributed by atoms with E-state index in [4.69, 9.17) is 4.74 Å². The van der Waals surface area contributed by atoms with E-state index < -0.39 is 0 Å². The Morgan fingerprint density at radius 1 is 1.33 bits per heavy atom. The van der Waals surface area contributed by atoms with E-state index in [0.717, 1.165) is 12.0 Å². The number of ether oxygens (including phenoxy) is 1. The standard InChI is InChI=1S/C10H18O2/c1-8(6-10(3,4)5)7-12-9(2)11/h7H,6H2,1-5H3. The summed E-state index contributed by atoms with van der Waals surface area (Å²) in [6.45, 7) is 9.82. The van der Waals surface area contributed by atoms with Gasteiger partial charge < -0.3 is 4.74 Å². The minimum Gasteiger partial charge on any atom is -0.435 e. The van der Waals surface area contributed by atoms with Gasteiger partial charge in [0.1, 0.15) is 0 Å². The topological polar surface area (TPSA) is 26.3 Å². The van der Waals surface area contributed by atoms with Crippen molar-refractivity contribution >= 4 is 5.97 Å². The van der Waals surface area contributed by atoms with Crippen molar-refractivity contribution in [2.45, 2.75) is 41.0 Å². The van der Waals surface area contributed by atoms with Gasteiger partial charge in [0.15, 0.2) is 0 Å². The van der Waals surface area contributed by atoms with Gasteiger partial charge in [-0.25, -0.2) is 0 Å². The summed E-state index contributed by atoms with van der Waals surface area (Å²) in [5, 5.41) is 0. The largest absolute Gasteiger partial charge is 0.435 e. The lowest BCUT2D eigenvalue weighted by Crippen LogP contribution is -2.05. The van der Waals surface area contributed by atoms with Gasteiger partial charge in [-0.2, -0.15) is 0 Å². The van der Waals surface area contributed by atoms with Crippen molar-refractivity contribution in [2.75, 3.05) is 0 Å². The zero-order chi connectivity index (χ0) is 9.78. The van der Waals surface area contributed by atoms with Crippen LogP contribution in [0.3, 0.4) is 0 Å². The third-order valence-corrected chi connectivity index (χ3v) is 1.24. The molecule has 0 aliphatic carbocycles. The van der Waals surface area contributed by atoms with Gasteiger partial charge in [0.05, 0.1) is 6.26 Å². The fourth-order valence-corrected chi connectivity index (χ4v) is 1.06. The second kappa shape index (κ2) is 4.29. The summed E-state index contributed by atoms with van der Waals surface area (Å²) in [4.78, 5) is 10.4. The predicted octanol–water partition coefficient (Wildman–Crippen LogP) is 2.89. The van der Waals surface area contributed by atoms with Crippen molar-refractivity contribution in [1.82, 2.24) is 0 Å². The Balaban J connectivity index is 3.95. The SMILES string of the molecule is CC(=O)OC=C(C)CC(C)(C)C. The third-order valence-electron chi connectivity index (χ3n) is 1.24. The molecule has 0 radical (unpaired) electrons. The van der Waals surface area contributed by atoms with E-state index >= 15 is 0 Å². The maximum absolute atomic E-state index is 10.4. The minimum atomic E-state index is -0.261. The highest BCUT2D eigenvalue weighted by atomic mass is 16.5. The molecular formula is C10H18O2. The van der Waals surface area contributed by atoms with E-state index in [0.29, 0.717) is 0 Å². The maximum atomic E-state index is 10.4. The molecule has 0 heterocycles. The smallest absolute Gasteiger partial charge is 0.307 e. The molecule has 70 valence electrons. The molecule has 0 rings (SSSR count). The molecule has 0 unspecified atom stereocenters. The molecule has 0 aliphatic rings. The lowest BCUT2D eigenvalue weighted by Gasteiger charge is -2.17. The summed E-state index contributed by atoms with van der Waals surface area (Å²) in [5.74, 6) is -0.261. The average molecular weight is 170 g/mol. The first-order valence-corrected chi connectivity index (χ1v) is 4.14. The average Bonchev–Trinajstić information content (AvgIpc) is 1.79. The van der Waals surface area contributed by atoms with Crippen LogP contribution in [0.1, 0.15) is 41.0 Å². The molecule has 0 atom stereocenters. The Labute approximate surface area is 74.6 Å². The second-order valence-corrected chi connectivity index (χ2v) is 4.31. The highest BCUT2D eigenvalue weighted by Gasteiger charge is 2.10. The summed E-state index contributed by atoms with van der Waals surface area (Å²) >= 11 is 0.